The monoisotopic (exact) mass is 253 g/mol. The Balaban J connectivity index is 5.26. The van der Waals surface area contributed by atoms with Crippen LogP contribution in [0.25, 0.3) is 0 Å². The fourth-order valence-corrected chi connectivity index (χ4v) is 5.09. The zero-order valence-corrected chi connectivity index (χ0v) is 13.1. The van der Waals surface area contributed by atoms with E-state index in [2.05, 4.69) is 16.5 Å². The predicted molar refractivity (Wildman–Crippen MR) is 77.4 cm³/mol. The highest BCUT2D eigenvalue weighted by Crippen LogP contribution is 2.51. The molecule has 0 aliphatic rings. The molecule has 0 atom stereocenters. The first-order valence-electron chi connectivity index (χ1n) is 5.90. The van der Waals surface area contributed by atoms with Crippen LogP contribution < -0.4 is 0 Å². The van der Waals surface area contributed by atoms with Crippen LogP contribution in [0.15, 0.2) is 17.3 Å². The topological polar surface area (TPSA) is 12.4 Å². The molecule has 0 aromatic carbocycles. The summed E-state index contributed by atoms with van der Waals surface area (Å²) in [6.45, 7) is 13.5. The Kier molecular flexibility index (Phi) is 5.34. The van der Waals surface area contributed by atoms with Crippen molar-refractivity contribution < 1.29 is 4.11 Å². The highest BCUT2D eigenvalue weighted by Gasteiger charge is 2.54. The van der Waals surface area contributed by atoms with E-state index in [1.807, 2.05) is 48.5 Å². The Morgan fingerprint density at radius 3 is 1.88 bits per heavy atom. The Bertz CT molecular complexity index is 344. The van der Waals surface area contributed by atoms with E-state index in [1.165, 1.54) is 0 Å². The lowest BCUT2D eigenvalue weighted by molar-refractivity contribution is 0.537. The van der Waals surface area contributed by atoms with Crippen molar-refractivity contribution in [1.29, 1.82) is 0 Å². The second-order valence-corrected chi connectivity index (χ2v) is 10.7. The lowest BCUT2D eigenvalue weighted by Crippen LogP contribution is -2.46. The smallest absolute Gasteiger partial charge is 0.296 e. The largest absolute Gasteiger partial charge is 0.333 e. The van der Waals surface area contributed by atoms with Gasteiger partial charge in [-0.3, -0.25) is 9.10 Å². The number of rotatable bonds is 1. The number of aliphatic imine (C=N–C) groups is 1. The van der Waals surface area contributed by atoms with Crippen molar-refractivity contribution in [2.75, 3.05) is 0 Å². The molecule has 0 N–H and O–H groups in total. The molecule has 0 aromatic heterocycles. The summed E-state index contributed by atoms with van der Waals surface area (Å²) in [5.41, 5.74) is 2.90. The first kappa shape index (κ1) is 16.1. The van der Waals surface area contributed by atoms with E-state index in [-0.39, 0.29) is 10.1 Å². The Hall–Kier alpha value is -0.883. The summed E-state index contributed by atoms with van der Waals surface area (Å²) in [5, 5.41) is -0.778. The lowest BCUT2D eigenvalue weighted by atomic mass is 10.2. The number of halogens is 1. The van der Waals surface area contributed by atoms with E-state index >= 15 is 4.11 Å². The average molecular weight is 253 g/mol. The van der Waals surface area contributed by atoms with Crippen LogP contribution in [0.2, 0.25) is 10.1 Å². The molecule has 0 saturated carbocycles. The molecule has 0 amide bonds. The first-order valence-corrected chi connectivity index (χ1v) is 7.78. The van der Waals surface area contributed by atoms with Gasteiger partial charge in [0.2, 0.25) is 0 Å². The van der Waals surface area contributed by atoms with E-state index in [9.17, 15) is 0 Å². The molecule has 0 aromatic rings. The van der Waals surface area contributed by atoms with E-state index in [0.29, 0.717) is 0 Å². The normalized spacial score (nSPS) is 14.1. The van der Waals surface area contributed by atoms with Gasteiger partial charge in [-0.1, -0.05) is 53.0 Å². The molecule has 3 heteroatoms. The predicted octanol–water partition coefficient (Wildman–Crippen LogP) is 4.65. The minimum absolute atomic E-state index is 0.389. The van der Waals surface area contributed by atoms with E-state index in [4.69, 9.17) is 0 Å². The molecule has 0 radical (unpaired) electrons. The van der Waals surface area contributed by atoms with Crippen LogP contribution in [0.4, 0.5) is 4.11 Å². The second-order valence-electron chi connectivity index (χ2n) is 6.15. The zero-order chi connectivity index (χ0) is 13.7. The summed E-state index contributed by atoms with van der Waals surface area (Å²) in [4.78, 5) is 3.90. The van der Waals surface area contributed by atoms with Crippen LogP contribution in [0.3, 0.4) is 0 Å². The van der Waals surface area contributed by atoms with Crippen LogP contribution >= 0.6 is 0 Å². The number of allylic oxidation sites excluding steroid dienone is 1. The van der Waals surface area contributed by atoms with Crippen LogP contribution in [0.5, 0.6) is 0 Å². The standard InChI is InChI=1S/C14H24FNSi/c1-8-16-11-9-10-12-17(15,13(2,3)4)14(5,6)7/h8-9,11H,1-7H3/b11-9+,16-8?. The number of nitrogens with zero attached hydrogens (tertiary/aromatic N) is 1. The van der Waals surface area contributed by atoms with Crippen LogP contribution in [0, 0.1) is 11.5 Å². The van der Waals surface area contributed by atoms with Crippen LogP contribution in [0.1, 0.15) is 48.5 Å². The van der Waals surface area contributed by atoms with E-state index < -0.39 is 8.41 Å². The molecular weight excluding hydrogens is 229 g/mol. The maximum absolute atomic E-state index is 15.2. The second kappa shape index (κ2) is 5.64. The van der Waals surface area contributed by atoms with Gasteiger partial charge >= 0.3 is 8.41 Å². The fraction of sp³-hybridized carbons (Fsp3) is 0.643. The summed E-state index contributed by atoms with van der Waals surface area (Å²) in [6, 6.07) is 0. The summed E-state index contributed by atoms with van der Waals surface area (Å²) in [7, 11) is -3.18. The molecule has 0 aliphatic heterocycles. The average Bonchev–Trinajstić information content (AvgIpc) is 2.13. The lowest BCUT2D eigenvalue weighted by Gasteiger charge is -2.40. The third-order valence-corrected chi connectivity index (χ3v) is 7.33. The third kappa shape index (κ3) is 4.12. The van der Waals surface area contributed by atoms with Crippen molar-refractivity contribution >= 4 is 14.6 Å². The van der Waals surface area contributed by atoms with Gasteiger partial charge in [0.25, 0.3) is 0 Å². The molecule has 96 valence electrons. The number of hydrogen-bond donors (Lipinski definition) is 0. The van der Waals surface area contributed by atoms with Crippen molar-refractivity contribution in [3.63, 3.8) is 0 Å². The minimum atomic E-state index is -3.18. The third-order valence-electron chi connectivity index (χ3n) is 2.70. The van der Waals surface area contributed by atoms with Crippen LogP contribution in [-0.4, -0.2) is 14.6 Å². The first-order chi connectivity index (χ1) is 7.56. The van der Waals surface area contributed by atoms with Crippen LogP contribution in [-0.2, 0) is 0 Å². The summed E-state index contributed by atoms with van der Waals surface area (Å²) >= 11 is 0. The maximum atomic E-state index is 15.2. The van der Waals surface area contributed by atoms with Gasteiger partial charge < -0.3 is 0 Å². The van der Waals surface area contributed by atoms with Gasteiger partial charge in [0, 0.05) is 18.5 Å². The van der Waals surface area contributed by atoms with Gasteiger partial charge in [0.1, 0.15) is 0 Å². The van der Waals surface area contributed by atoms with Crippen molar-refractivity contribution in [3.05, 3.63) is 12.3 Å². The highest BCUT2D eigenvalue weighted by atomic mass is 28.4. The summed E-state index contributed by atoms with van der Waals surface area (Å²) < 4.78 is 15.2. The van der Waals surface area contributed by atoms with Crippen molar-refractivity contribution in [2.24, 2.45) is 4.99 Å². The molecule has 0 bridgehead atoms. The Morgan fingerprint density at radius 2 is 1.53 bits per heavy atom. The molecule has 0 heterocycles. The molecule has 0 unspecified atom stereocenters. The van der Waals surface area contributed by atoms with E-state index in [1.54, 1.807) is 18.5 Å². The molecule has 0 saturated heterocycles. The molecule has 0 aliphatic carbocycles. The summed E-state index contributed by atoms with van der Waals surface area (Å²) in [5.74, 6) is 2.82. The fourth-order valence-electron chi connectivity index (χ4n) is 1.81. The van der Waals surface area contributed by atoms with Gasteiger partial charge in [0.15, 0.2) is 0 Å². The van der Waals surface area contributed by atoms with Crippen molar-refractivity contribution in [1.82, 2.24) is 0 Å². The molecule has 0 fully saturated rings. The van der Waals surface area contributed by atoms with Crippen molar-refractivity contribution in [3.8, 4) is 11.5 Å². The Labute approximate surface area is 106 Å². The SMILES string of the molecule is CC=N/C=C/C#C[Si](F)(C(C)(C)C)C(C)(C)C. The Morgan fingerprint density at radius 1 is 1.06 bits per heavy atom. The number of hydrogen-bond acceptors (Lipinski definition) is 1. The van der Waals surface area contributed by atoms with Gasteiger partial charge in [-0.15, -0.1) is 0 Å². The van der Waals surface area contributed by atoms with E-state index in [0.717, 1.165) is 0 Å². The molecule has 1 nitrogen and oxygen atoms in total. The highest BCUT2D eigenvalue weighted by molar-refractivity contribution is 6.86. The quantitative estimate of drug-likeness (QED) is 0.279. The maximum Gasteiger partial charge on any atom is 0.333 e. The van der Waals surface area contributed by atoms with Gasteiger partial charge in [-0.25, -0.2) is 0 Å². The van der Waals surface area contributed by atoms with Gasteiger partial charge in [-0.05, 0) is 17.0 Å². The summed E-state index contributed by atoms with van der Waals surface area (Å²) in [6.07, 6.45) is 4.87. The van der Waals surface area contributed by atoms with Gasteiger partial charge in [-0.2, -0.15) is 0 Å². The molecule has 0 spiro atoms. The zero-order valence-electron chi connectivity index (χ0n) is 12.1. The van der Waals surface area contributed by atoms with Crippen molar-refractivity contribution in [2.45, 2.75) is 58.5 Å². The van der Waals surface area contributed by atoms with Gasteiger partial charge in [0.05, 0.1) is 0 Å². The molecule has 17 heavy (non-hydrogen) atoms. The molecular formula is C14H24FNSi. The molecule has 0 rings (SSSR count). The minimum Gasteiger partial charge on any atom is -0.296 e.